The summed E-state index contributed by atoms with van der Waals surface area (Å²) in [6.07, 6.45) is 0. The van der Waals surface area contributed by atoms with Gasteiger partial charge >= 0.3 is 0 Å². The molecule has 0 heterocycles. The molecular weight excluding hydrogens is 472 g/mol. The second kappa shape index (κ2) is 10.5. The van der Waals surface area contributed by atoms with Gasteiger partial charge in [-0.1, -0.05) is 63.1 Å². The van der Waals surface area contributed by atoms with E-state index in [0.717, 1.165) is 0 Å². The van der Waals surface area contributed by atoms with Crippen molar-refractivity contribution < 1.29 is 19.2 Å². The predicted octanol–water partition coefficient (Wildman–Crippen LogP) is 4.65. The summed E-state index contributed by atoms with van der Waals surface area (Å²) in [4.78, 5) is 49.7. The fraction of sp³-hybridized carbons (Fsp3) is 0.333. The number of nitrogens with two attached hydrogens (primary N) is 2. The molecule has 0 unspecified atom stereocenters. The van der Waals surface area contributed by atoms with Crippen molar-refractivity contribution in [3.05, 3.63) is 47.5 Å². The number of nitrogens with one attached hydrogen (secondary N) is 2. The zero-order chi connectivity index (χ0) is 25.8. The number of carbonyl (C=O) groups excluding carboxylic acids is 4. The van der Waals surface area contributed by atoms with Crippen molar-refractivity contribution >= 4 is 56.6 Å². The highest BCUT2D eigenvalue weighted by Crippen LogP contribution is 2.41. The maximum Gasteiger partial charge on any atom is 0.249 e. The van der Waals surface area contributed by atoms with Gasteiger partial charge in [0.15, 0.2) is 0 Å². The van der Waals surface area contributed by atoms with Gasteiger partial charge in [0.1, 0.15) is 0 Å². The largest absolute Gasteiger partial charge is 0.366 e. The molecule has 2 aromatic carbocycles. The number of anilines is 2. The van der Waals surface area contributed by atoms with Crippen molar-refractivity contribution in [3.8, 4) is 0 Å². The van der Waals surface area contributed by atoms with Crippen molar-refractivity contribution in [2.24, 2.45) is 22.3 Å². The molecule has 0 fully saturated rings. The van der Waals surface area contributed by atoms with Crippen LogP contribution in [0.4, 0.5) is 11.4 Å². The number of primary amides is 2. The van der Waals surface area contributed by atoms with E-state index in [0.29, 0.717) is 21.2 Å². The lowest BCUT2D eigenvalue weighted by molar-refractivity contribution is -0.123. The SMILES string of the molecule is CC(C)(C)C(=O)Nc1ccc(SSc2ccc(NC(=O)C(C)(C)C)cc2C(N)=O)c(C(N)=O)c1. The van der Waals surface area contributed by atoms with E-state index in [1.807, 2.05) is 0 Å². The number of amides is 4. The number of rotatable bonds is 7. The summed E-state index contributed by atoms with van der Waals surface area (Å²) in [6.45, 7) is 10.7. The van der Waals surface area contributed by atoms with Crippen molar-refractivity contribution in [2.45, 2.75) is 51.3 Å². The molecule has 8 nitrogen and oxygen atoms in total. The van der Waals surface area contributed by atoms with Gasteiger partial charge in [-0.15, -0.1) is 0 Å². The van der Waals surface area contributed by atoms with E-state index in [1.54, 1.807) is 65.8 Å². The molecule has 0 aliphatic heterocycles. The third-order valence-electron chi connectivity index (χ3n) is 4.59. The highest BCUT2D eigenvalue weighted by atomic mass is 33.1. The smallest absolute Gasteiger partial charge is 0.249 e. The molecule has 2 aromatic rings. The van der Waals surface area contributed by atoms with Crippen molar-refractivity contribution in [1.29, 1.82) is 0 Å². The van der Waals surface area contributed by atoms with E-state index >= 15 is 0 Å². The van der Waals surface area contributed by atoms with Crippen LogP contribution >= 0.6 is 21.6 Å². The van der Waals surface area contributed by atoms with Gasteiger partial charge < -0.3 is 22.1 Å². The molecule has 0 aromatic heterocycles. The second-order valence-corrected chi connectivity index (χ2v) is 11.9. The van der Waals surface area contributed by atoms with Gasteiger partial charge in [0, 0.05) is 32.0 Å². The molecule has 0 aliphatic rings. The van der Waals surface area contributed by atoms with Crippen LogP contribution in [0.25, 0.3) is 0 Å². The van der Waals surface area contributed by atoms with E-state index in [9.17, 15) is 19.2 Å². The summed E-state index contributed by atoms with van der Waals surface area (Å²) in [6, 6.07) is 9.76. The van der Waals surface area contributed by atoms with Gasteiger partial charge in [0.05, 0.1) is 11.1 Å². The monoisotopic (exact) mass is 502 g/mol. The van der Waals surface area contributed by atoms with Crippen LogP contribution < -0.4 is 22.1 Å². The molecule has 34 heavy (non-hydrogen) atoms. The summed E-state index contributed by atoms with van der Waals surface area (Å²) in [5.41, 5.74) is 11.3. The number of hydrogen-bond acceptors (Lipinski definition) is 6. The minimum Gasteiger partial charge on any atom is -0.366 e. The molecule has 2 rings (SSSR count). The molecule has 0 spiro atoms. The van der Waals surface area contributed by atoms with Gasteiger partial charge in [0.25, 0.3) is 0 Å². The van der Waals surface area contributed by atoms with Crippen molar-refractivity contribution in [2.75, 3.05) is 10.6 Å². The standard InChI is InChI=1S/C24H30N4O4S2/c1-23(2,3)21(31)27-13-7-9-17(15(11-13)19(25)29)33-34-18-10-8-14(12-16(18)20(26)30)28-22(32)24(4,5)6/h7-12H,1-6H3,(H2,25,29)(H2,26,30)(H,27,31)(H,28,32). The Bertz CT molecular complexity index is 1050. The lowest BCUT2D eigenvalue weighted by atomic mass is 9.95. The van der Waals surface area contributed by atoms with Gasteiger partial charge in [0.2, 0.25) is 23.6 Å². The number of benzene rings is 2. The molecule has 0 bridgehead atoms. The zero-order valence-electron chi connectivity index (χ0n) is 20.1. The van der Waals surface area contributed by atoms with Gasteiger partial charge in [-0.2, -0.15) is 0 Å². The fourth-order valence-electron chi connectivity index (χ4n) is 2.47. The fourth-order valence-corrected chi connectivity index (χ4v) is 4.81. The van der Waals surface area contributed by atoms with Gasteiger partial charge in [-0.05, 0) is 36.4 Å². The third kappa shape index (κ3) is 7.26. The third-order valence-corrected chi connectivity index (χ3v) is 7.07. The van der Waals surface area contributed by atoms with Gasteiger partial charge in [-0.25, -0.2) is 0 Å². The Hall–Kier alpha value is -2.98. The van der Waals surface area contributed by atoms with Crippen LogP contribution in [0, 0.1) is 10.8 Å². The van der Waals surface area contributed by atoms with E-state index < -0.39 is 22.6 Å². The summed E-state index contributed by atoms with van der Waals surface area (Å²) in [7, 11) is 2.45. The minimum absolute atomic E-state index is 0.192. The van der Waals surface area contributed by atoms with E-state index in [-0.39, 0.29) is 22.9 Å². The molecule has 10 heteroatoms. The number of hydrogen-bond donors (Lipinski definition) is 4. The quantitative estimate of drug-likeness (QED) is 0.406. The Labute approximate surface area is 207 Å². The molecule has 0 radical (unpaired) electrons. The molecule has 0 atom stereocenters. The lowest BCUT2D eigenvalue weighted by Gasteiger charge is -2.19. The van der Waals surface area contributed by atoms with Crippen LogP contribution in [0.5, 0.6) is 0 Å². The van der Waals surface area contributed by atoms with Crippen LogP contribution in [0.3, 0.4) is 0 Å². The first-order chi connectivity index (χ1) is 15.6. The molecule has 4 amide bonds. The normalized spacial score (nSPS) is 11.6. The average molecular weight is 503 g/mol. The van der Waals surface area contributed by atoms with E-state index in [2.05, 4.69) is 10.6 Å². The Morgan fingerprint density at radius 2 is 0.971 bits per heavy atom. The summed E-state index contributed by atoms with van der Waals surface area (Å²) >= 11 is 0. The summed E-state index contributed by atoms with van der Waals surface area (Å²) < 4.78 is 0. The van der Waals surface area contributed by atoms with Crippen LogP contribution in [0.1, 0.15) is 62.3 Å². The van der Waals surface area contributed by atoms with Crippen LogP contribution in [-0.2, 0) is 9.59 Å². The Balaban J connectivity index is 2.26. The summed E-state index contributed by atoms with van der Waals surface area (Å²) in [5.74, 6) is -1.68. The Morgan fingerprint density at radius 3 is 1.24 bits per heavy atom. The van der Waals surface area contributed by atoms with E-state index in [1.165, 1.54) is 33.7 Å². The van der Waals surface area contributed by atoms with Crippen molar-refractivity contribution in [3.63, 3.8) is 0 Å². The first-order valence-corrected chi connectivity index (χ1v) is 12.6. The van der Waals surface area contributed by atoms with Crippen LogP contribution in [-0.4, -0.2) is 23.6 Å². The molecule has 0 saturated heterocycles. The zero-order valence-corrected chi connectivity index (χ0v) is 21.7. The molecule has 0 aliphatic carbocycles. The maximum atomic E-state index is 12.3. The summed E-state index contributed by atoms with van der Waals surface area (Å²) in [5, 5.41) is 5.55. The highest BCUT2D eigenvalue weighted by Gasteiger charge is 2.23. The van der Waals surface area contributed by atoms with Crippen molar-refractivity contribution in [1.82, 2.24) is 0 Å². The van der Waals surface area contributed by atoms with E-state index in [4.69, 9.17) is 11.5 Å². The predicted molar refractivity (Wildman–Crippen MR) is 138 cm³/mol. The van der Waals surface area contributed by atoms with Gasteiger partial charge in [-0.3, -0.25) is 19.2 Å². The highest BCUT2D eigenvalue weighted by molar-refractivity contribution is 8.76. The minimum atomic E-state index is -0.648. The molecule has 6 N–H and O–H groups in total. The molecule has 182 valence electrons. The Kier molecular flexibility index (Phi) is 8.44. The Morgan fingerprint density at radius 1 is 0.647 bits per heavy atom. The first kappa shape index (κ1) is 27.3. The topological polar surface area (TPSA) is 144 Å². The lowest BCUT2D eigenvalue weighted by Crippen LogP contribution is -2.27. The molecule has 0 saturated carbocycles. The van der Waals surface area contributed by atoms with Crippen LogP contribution in [0.15, 0.2) is 46.2 Å². The average Bonchev–Trinajstić information content (AvgIpc) is 2.71. The first-order valence-electron chi connectivity index (χ1n) is 10.4. The van der Waals surface area contributed by atoms with Crippen LogP contribution in [0.2, 0.25) is 0 Å². The number of carbonyl (C=O) groups is 4. The maximum absolute atomic E-state index is 12.3. The second-order valence-electron chi connectivity index (χ2n) is 9.73. The molecular formula is C24H30N4O4S2.